The number of rotatable bonds is 3. The first-order valence-corrected chi connectivity index (χ1v) is 21.6. The summed E-state index contributed by atoms with van der Waals surface area (Å²) in [5, 5.41) is 2.24. The van der Waals surface area contributed by atoms with Gasteiger partial charge in [0, 0.05) is 27.5 Å². The van der Waals surface area contributed by atoms with Crippen molar-refractivity contribution < 1.29 is 4.42 Å². The van der Waals surface area contributed by atoms with E-state index in [1.54, 1.807) is 0 Å². The predicted molar refractivity (Wildman–Crippen MR) is 253 cm³/mol. The van der Waals surface area contributed by atoms with Crippen LogP contribution in [0, 0.1) is 0 Å². The fraction of sp³-hybridized carbons (Fsp3) is 0.0339. The molecule has 292 valence electrons. The average molecular weight is 802 g/mol. The summed E-state index contributed by atoms with van der Waals surface area (Å²) >= 11 is 0. The van der Waals surface area contributed by atoms with Gasteiger partial charge in [0.2, 0.25) is 0 Å². The minimum Gasteiger partial charge on any atom is -0.456 e. The number of para-hydroxylation sites is 1. The van der Waals surface area contributed by atoms with E-state index in [9.17, 15) is 0 Å². The van der Waals surface area contributed by atoms with Crippen LogP contribution in [0.1, 0.15) is 33.4 Å². The second-order valence-corrected chi connectivity index (χ2v) is 17.0. The SMILES string of the molecule is c1ccc(-c2nc(-c3ccc4c(c3)C3(c5ccccc5-c5ccccc5-4)c4ccccc4-c4cc5c(cc43)oc3ccccc35)nc(-c3cccc4c3-c3ccccc3C4)n2)cc1. The highest BCUT2D eigenvalue weighted by molar-refractivity contribution is 6.09. The molecule has 0 fully saturated rings. The number of benzene rings is 9. The lowest BCUT2D eigenvalue weighted by Gasteiger charge is -2.35. The van der Waals surface area contributed by atoms with Crippen LogP contribution in [0.15, 0.2) is 205 Å². The van der Waals surface area contributed by atoms with Crippen LogP contribution in [0.25, 0.3) is 101 Å². The van der Waals surface area contributed by atoms with Crippen molar-refractivity contribution in [2.45, 2.75) is 11.8 Å². The van der Waals surface area contributed by atoms with Gasteiger partial charge in [-0.25, -0.2) is 15.0 Å². The van der Waals surface area contributed by atoms with Crippen LogP contribution in [0.5, 0.6) is 0 Å². The highest BCUT2D eigenvalue weighted by Gasteiger charge is 2.50. The van der Waals surface area contributed by atoms with Gasteiger partial charge in [-0.05, 0) is 109 Å². The van der Waals surface area contributed by atoms with Gasteiger partial charge in [-0.2, -0.15) is 0 Å². The van der Waals surface area contributed by atoms with Gasteiger partial charge in [-0.3, -0.25) is 0 Å². The number of aromatic nitrogens is 3. The molecule has 3 aliphatic carbocycles. The van der Waals surface area contributed by atoms with Gasteiger partial charge >= 0.3 is 0 Å². The van der Waals surface area contributed by atoms with E-state index in [0.29, 0.717) is 17.5 Å². The molecule has 0 bridgehead atoms. The monoisotopic (exact) mass is 801 g/mol. The number of fused-ring (bicyclic) bond motifs is 18. The molecule has 9 aromatic carbocycles. The lowest BCUT2D eigenvalue weighted by Crippen LogP contribution is -2.29. The number of hydrogen-bond acceptors (Lipinski definition) is 4. The van der Waals surface area contributed by atoms with Crippen molar-refractivity contribution in [3.8, 4) is 78.7 Å². The Kier molecular flexibility index (Phi) is 7.06. The fourth-order valence-corrected chi connectivity index (χ4v) is 11.2. The summed E-state index contributed by atoms with van der Waals surface area (Å²) in [4.78, 5) is 16.0. The first-order valence-electron chi connectivity index (χ1n) is 21.6. The molecule has 63 heavy (non-hydrogen) atoms. The average Bonchev–Trinajstić information content (AvgIpc) is 3.99. The highest BCUT2D eigenvalue weighted by Crippen LogP contribution is 2.62. The van der Waals surface area contributed by atoms with Gasteiger partial charge in [0.25, 0.3) is 0 Å². The zero-order chi connectivity index (χ0) is 41.2. The van der Waals surface area contributed by atoms with Crippen molar-refractivity contribution in [1.29, 1.82) is 0 Å². The van der Waals surface area contributed by atoms with Gasteiger partial charge in [0.1, 0.15) is 11.2 Å². The van der Waals surface area contributed by atoms with E-state index in [1.165, 1.54) is 77.9 Å². The smallest absolute Gasteiger partial charge is 0.164 e. The van der Waals surface area contributed by atoms with Crippen molar-refractivity contribution in [2.24, 2.45) is 0 Å². The molecular weight excluding hydrogens is 767 g/mol. The lowest BCUT2D eigenvalue weighted by atomic mass is 9.65. The van der Waals surface area contributed by atoms with E-state index in [-0.39, 0.29) is 0 Å². The topological polar surface area (TPSA) is 51.8 Å². The third-order valence-electron chi connectivity index (χ3n) is 13.8. The summed E-state index contributed by atoms with van der Waals surface area (Å²) in [7, 11) is 0. The summed E-state index contributed by atoms with van der Waals surface area (Å²) in [6, 6.07) is 72.4. The molecular formula is C59H35N3O. The molecule has 3 aliphatic rings. The Labute approximate surface area is 363 Å². The van der Waals surface area contributed by atoms with Gasteiger partial charge < -0.3 is 4.42 Å². The number of hydrogen-bond donors (Lipinski definition) is 0. The van der Waals surface area contributed by atoms with Gasteiger partial charge in [-0.1, -0.05) is 176 Å². The van der Waals surface area contributed by atoms with E-state index < -0.39 is 5.41 Å². The van der Waals surface area contributed by atoms with Crippen LogP contribution >= 0.6 is 0 Å². The van der Waals surface area contributed by atoms with Crippen molar-refractivity contribution in [1.82, 2.24) is 15.0 Å². The van der Waals surface area contributed by atoms with Crippen molar-refractivity contribution in [2.75, 3.05) is 0 Å². The Morgan fingerprint density at radius 3 is 1.70 bits per heavy atom. The van der Waals surface area contributed by atoms with Crippen LogP contribution in [0.2, 0.25) is 0 Å². The van der Waals surface area contributed by atoms with Gasteiger partial charge in [-0.15, -0.1) is 0 Å². The summed E-state index contributed by atoms with van der Waals surface area (Å²) in [6.45, 7) is 0. The van der Waals surface area contributed by atoms with Crippen LogP contribution in [-0.2, 0) is 11.8 Å². The van der Waals surface area contributed by atoms with E-state index in [1.807, 2.05) is 24.3 Å². The zero-order valence-corrected chi connectivity index (χ0v) is 34.0. The third kappa shape index (κ3) is 4.78. The first kappa shape index (κ1) is 34.5. The Balaban J connectivity index is 1.09. The maximum Gasteiger partial charge on any atom is 0.164 e. The molecule has 4 heteroatoms. The molecule has 0 amide bonds. The Bertz CT molecular complexity index is 3730. The fourth-order valence-electron chi connectivity index (χ4n) is 11.2. The molecule has 1 spiro atoms. The molecule has 0 saturated heterocycles. The molecule has 11 aromatic rings. The van der Waals surface area contributed by atoms with Gasteiger partial charge in [0.05, 0.1) is 5.41 Å². The maximum absolute atomic E-state index is 6.71. The molecule has 0 saturated carbocycles. The normalized spacial score (nSPS) is 15.0. The van der Waals surface area contributed by atoms with Crippen molar-refractivity contribution in [3.63, 3.8) is 0 Å². The molecule has 0 radical (unpaired) electrons. The van der Waals surface area contributed by atoms with E-state index in [4.69, 9.17) is 19.4 Å². The molecule has 1 atom stereocenters. The molecule has 4 nitrogen and oxygen atoms in total. The highest BCUT2D eigenvalue weighted by atomic mass is 16.3. The minimum absolute atomic E-state index is 0.630. The first-order chi connectivity index (χ1) is 31.2. The van der Waals surface area contributed by atoms with Crippen LogP contribution in [0.4, 0.5) is 0 Å². The zero-order valence-electron chi connectivity index (χ0n) is 34.0. The van der Waals surface area contributed by atoms with Crippen LogP contribution in [0.3, 0.4) is 0 Å². The second kappa shape index (κ2) is 12.9. The molecule has 2 heterocycles. The predicted octanol–water partition coefficient (Wildman–Crippen LogP) is 14.4. The molecule has 1 unspecified atom stereocenters. The molecule has 0 aliphatic heterocycles. The summed E-state index contributed by atoms with van der Waals surface area (Å²) in [6.07, 6.45) is 0.891. The maximum atomic E-state index is 6.71. The standard InChI is InChI=1S/C59H35N3O/c1-2-15-35(16-3-1)56-60-57(62-58(61-56)46-25-14-18-37-31-36-17-4-5-19-39(36)55(37)46)38-29-30-44-41-21-7-6-20-40(41)42-22-8-11-26-49(42)59(51(44)32-38)50-27-12-9-23-43(50)47-33-48-45-24-10-13-28-53(45)63-54(48)34-52(47)59/h1-30,32-34H,31H2. The molecule has 14 rings (SSSR count). The molecule has 2 aromatic heterocycles. The lowest BCUT2D eigenvalue weighted by molar-refractivity contribution is 0.666. The number of furan rings is 1. The minimum atomic E-state index is -0.720. The van der Waals surface area contributed by atoms with E-state index >= 15 is 0 Å². The molecule has 0 N–H and O–H groups in total. The Hall–Kier alpha value is -8.21. The van der Waals surface area contributed by atoms with E-state index in [0.717, 1.165) is 45.0 Å². The Morgan fingerprint density at radius 1 is 0.333 bits per heavy atom. The van der Waals surface area contributed by atoms with E-state index in [2.05, 4.69) is 176 Å². The number of nitrogens with zero attached hydrogens (tertiary/aromatic N) is 3. The third-order valence-corrected chi connectivity index (χ3v) is 13.8. The summed E-state index contributed by atoms with van der Waals surface area (Å²) < 4.78 is 6.71. The largest absolute Gasteiger partial charge is 0.456 e. The quantitative estimate of drug-likeness (QED) is 0.179. The summed E-state index contributed by atoms with van der Waals surface area (Å²) in [5.41, 5.74) is 21.1. The van der Waals surface area contributed by atoms with Crippen LogP contribution < -0.4 is 0 Å². The van der Waals surface area contributed by atoms with Crippen molar-refractivity contribution in [3.05, 3.63) is 234 Å². The Morgan fingerprint density at radius 2 is 0.905 bits per heavy atom. The van der Waals surface area contributed by atoms with Gasteiger partial charge in [0.15, 0.2) is 17.5 Å². The second-order valence-electron chi connectivity index (χ2n) is 17.0. The van der Waals surface area contributed by atoms with Crippen molar-refractivity contribution >= 4 is 21.9 Å². The summed E-state index contributed by atoms with van der Waals surface area (Å²) in [5.74, 6) is 1.94. The van der Waals surface area contributed by atoms with Crippen LogP contribution in [-0.4, -0.2) is 15.0 Å².